The standard InChI is InChI=1S/C14H18BrNO2/c1-9-6-10(9)8-16(2)14(17)12-7-11(18-3)4-5-13(12)15/h4-5,7,9-10H,6,8H2,1-3H3. The molecule has 0 spiro atoms. The van der Waals surface area contributed by atoms with Crippen molar-refractivity contribution in [2.45, 2.75) is 13.3 Å². The second kappa shape index (κ2) is 5.31. The molecular formula is C14H18BrNO2. The molecule has 2 unspecified atom stereocenters. The van der Waals surface area contributed by atoms with Gasteiger partial charge in [0.1, 0.15) is 5.75 Å². The molecule has 18 heavy (non-hydrogen) atoms. The Morgan fingerprint density at radius 1 is 1.56 bits per heavy atom. The summed E-state index contributed by atoms with van der Waals surface area (Å²) in [6.07, 6.45) is 1.23. The molecule has 1 aliphatic rings. The molecule has 1 aromatic carbocycles. The Kier molecular flexibility index (Phi) is 3.95. The van der Waals surface area contributed by atoms with Crippen LogP contribution in [0.3, 0.4) is 0 Å². The van der Waals surface area contributed by atoms with Gasteiger partial charge in [-0.3, -0.25) is 4.79 Å². The Morgan fingerprint density at radius 3 is 2.78 bits per heavy atom. The minimum Gasteiger partial charge on any atom is -0.497 e. The number of methoxy groups -OCH3 is 1. The molecule has 98 valence electrons. The summed E-state index contributed by atoms with van der Waals surface area (Å²) in [5, 5.41) is 0. The summed E-state index contributed by atoms with van der Waals surface area (Å²) < 4.78 is 5.97. The van der Waals surface area contributed by atoms with Gasteiger partial charge in [-0.15, -0.1) is 0 Å². The topological polar surface area (TPSA) is 29.5 Å². The highest BCUT2D eigenvalue weighted by Crippen LogP contribution is 2.38. The average Bonchev–Trinajstić information content (AvgIpc) is 3.04. The zero-order chi connectivity index (χ0) is 13.3. The van der Waals surface area contributed by atoms with Gasteiger partial charge >= 0.3 is 0 Å². The largest absolute Gasteiger partial charge is 0.497 e. The molecule has 0 radical (unpaired) electrons. The molecule has 0 saturated heterocycles. The van der Waals surface area contributed by atoms with Crippen molar-refractivity contribution in [3.63, 3.8) is 0 Å². The lowest BCUT2D eigenvalue weighted by atomic mass is 10.2. The van der Waals surface area contributed by atoms with Gasteiger partial charge in [-0.25, -0.2) is 0 Å². The normalized spacial score (nSPS) is 21.6. The molecule has 0 N–H and O–H groups in total. The monoisotopic (exact) mass is 311 g/mol. The predicted molar refractivity (Wildman–Crippen MR) is 74.9 cm³/mol. The van der Waals surface area contributed by atoms with E-state index in [1.807, 2.05) is 19.2 Å². The number of halogens is 1. The summed E-state index contributed by atoms with van der Waals surface area (Å²) >= 11 is 3.42. The third-order valence-electron chi connectivity index (χ3n) is 3.54. The van der Waals surface area contributed by atoms with Crippen molar-refractivity contribution in [2.24, 2.45) is 11.8 Å². The number of benzene rings is 1. The molecule has 0 aromatic heterocycles. The van der Waals surface area contributed by atoms with Gasteiger partial charge < -0.3 is 9.64 Å². The highest BCUT2D eigenvalue weighted by molar-refractivity contribution is 9.10. The molecule has 2 rings (SSSR count). The van der Waals surface area contributed by atoms with E-state index in [-0.39, 0.29) is 5.91 Å². The number of nitrogens with zero attached hydrogens (tertiary/aromatic N) is 1. The summed E-state index contributed by atoms with van der Waals surface area (Å²) in [5.74, 6) is 2.17. The maximum atomic E-state index is 12.3. The van der Waals surface area contributed by atoms with Crippen LogP contribution in [0.4, 0.5) is 0 Å². The van der Waals surface area contributed by atoms with Gasteiger partial charge in [0.05, 0.1) is 12.7 Å². The van der Waals surface area contributed by atoms with Crippen LogP contribution in [0.1, 0.15) is 23.7 Å². The second-order valence-electron chi connectivity index (χ2n) is 5.00. The molecule has 4 heteroatoms. The fourth-order valence-electron chi connectivity index (χ4n) is 2.09. The first kappa shape index (κ1) is 13.4. The fourth-order valence-corrected chi connectivity index (χ4v) is 2.51. The molecule has 1 fully saturated rings. The third kappa shape index (κ3) is 2.86. The molecule has 2 atom stereocenters. The van der Waals surface area contributed by atoms with Crippen molar-refractivity contribution in [3.05, 3.63) is 28.2 Å². The van der Waals surface area contributed by atoms with Crippen LogP contribution in [0.15, 0.2) is 22.7 Å². The van der Waals surface area contributed by atoms with E-state index in [2.05, 4.69) is 22.9 Å². The fraction of sp³-hybridized carbons (Fsp3) is 0.500. The van der Waals surface area contributed by atoms with Gasteiger partial charge in [0, 0.05) is 18.1 Å². The first-order chi connectivity index (χ1) is 8.52. The first-order valence-corrected chi connectivity index (χ1v) is 6.91. The van der Waals surface area contributed by atoms with Gasteiger partial charge in [-0.1, -0.05) is 6.92 Å². The summed E-state index contributed by atoms with van der Waals surface area (Å²) in [6.45, 7) is 3.06. The minimum atomic E-state index is 0.0416. The number of amides is 1. The SMILES string of the molecule is COc1ccc(Br)c(C(=O)N(C)CC2CC2C)c1. The van der Waals surface area contributed by atoms with Crippen LogP contribution in [-0.4, -0.2) is 31.5 Å². The summed E-state index contributed by atoms with van der Waals surface area (Å²) in [7, 11) is 3.46. The van der Waals surface area contributed by atoms with Crippen LogP contribution in [-0.2, 0) is 0 Å². The van der Waals surface area contributed by atoms with E-state index in [1.165, 1.54) is 6.42 Å². The van der Waals surface area contributed by atoms with Crippen molar-refractivity contribution in [2.75, 3.05) is 20.7 Å². The van der Waals surface area contributed by atoms with Crippen molar-refractivity contribution in [1.82, 2.24) is 4.90 Å². The zero-order valence-corrected chi connectivity index (χ0v) is 12.5. The summed E-state index contributed by atoms with van der Waals surface area (Å²) in [6, 6.07) is 5.46. The Labute approximate surface area is 116 Å². The first-order valence-electron chi connectivity index (χ1n) is 6.12. The van der Waals surface area contributed by atoms with Crippen LogP contribution >= 0.6 is 15.9 Å². The van der Waals surface area contributed by atoms with E-state index >= 15 is 0 Å². The number of ether oxygens (including phenoxy) is 1. The zero-order valence-electron chi connectivity index (χ0n) is 10.9. The lowest BCUT2D eigenvalue weighted by Crippen LogP contribution is -2.29. The van der Waals surface area contributed by atoms with E-state index in [0.29, 0.717) is 17.2 Å². The van der Waals surface area contributed by atoms with E-state index in [0.717, 1.165) is 16.9 Å². The summed E-state index contributed by atoms with van der Waals surface area (Å²) in [4.78, 5) is 14.1. The van der Waals surface area contributed by atoms with Crippen molar-refractivity contribution in [1.29, 1.82) is 0 Å². The minimum absolute atomic E-state index is 0.0416. The van der Waals surface area contributed by atoms with Gasteiger partial charge in [0.25, 0.3) is 5.91 Å². The molecule has 1 aliphatic carbocycles. The molecule has 3 nitrogen and oxygen atoms in total. The second-order valence-corrected chi connectivity index (χ2v) is 5.86. The highest BCUT2D eigenvalue weighted by atomic mass is 79.9. The molecule has 0 bridgehead atoms. The Bertz CT molecular complexity index is 461. The molecular weight excluding hydrogens is 294 g/mol. The maximum Gasteiger partial charge on any atom is 0.254 e. The number of hydrogen-bond donors (Lipinski definition) is 0. The quantitative estimate of drug-likeness (QED) is 0.854. The van der Waals surface area contributed by atoms with Crippen molar-refractivity contribution < 1.29 is 9.53 Å². The van der Waals surface area contributed by atoms with Gasteiger partial charge in [0.15, 0.2) is 0 Å². The number of carbonyl (C=O) groups is 1. The smallest absolute Gasteiger partial charge is 0.254 e. The van der Waals surface area contributed by atoms with E-state index in [9.17, 15) is 4.79 Å². The van der Waals surface area contributed by atoms with E-state index < -0.39 is 0 Å². The van der Waals surface area contributed by atoms with E-state index in [4.69, 9.17) is 4.74 Å². The molecule has 1 aromatic rings. The number of rotatable bonds is 4. The van der Waals surface area contributed by atoms with Gasteiger partial charge in [-0.2, -0.15) is 0 Å². The summed E-state index contributed by atoms with van der Waals surface area (Å²) in [5.41, 5.74) is 0.658. The van der Waals surface area contributed by atoms with Crippen LogP contribution in [0.2, 0.25) is 0 Å². The van der Waals surface area contributed by atoms with Crippen molar-refractivity contribution in [3.8, 4) is 5.75 Å². The Morgan fingerprint density at radius 2 is 2.22 bits per heavy atom. The number of carbonyl (C=O) groups excluding carboxylic acids is 1. The third-order valence-corrected chi connectivity index (χ3v) is 4.23. The van der Waals surface area contributed by atoms with Gasteiger partial charge in [0.2, 0.25) is 0 Å². The molecule has 0 aliphatic heterocycles. The van der Waals surface area contributed by atoms with Crippen LogP contribution in [0.5, 0.6) is 5.75 Å². The molecule has 0 heterocycles. The predicted octanol–water partition coefficient (Wildman–Crippen LogP) is 3.19. The van der Waals surface area contributed by atoms with Crippen molar-refractivity contribution >= 4 is 21.8 Å². The van der Waals surface area contributed by atoms with Crippen LogP contribution in [0, 0.1) is 11.8 Å². The lowest BCUT2D eigenvalue weighted by Gasteiger charge is -2.18. The highest BCUT2D eigenvalue weighted by Gasteiger charge is 2.34. The number of hydrogen-bond acceptors (Lipinski definition) is 2. The van der Waals surface area contributed by atoms with Gasteiger partial charge in [-0.05, 0) is 52.4 Å². The molecule has 1 saturated carbocycles. The molecule has 1 amide bonds. The lowest BCUT2D eigenvalue weighted by molar-refractivity contribution is 0.0786. The Hall–Kier alpha value is -1.03. The van der Waals surface area contributed by atoms with Crippen LogP contribution < -0.4 is 4.74 Å². The average molecular weight is 312 g/mol. The maximum absolute atomic E-state index is 12.3. The van der Waals surface area contributed by atoms with Crippen LogP contribution in [0.25, 0.3) is 0 Å². The van der Waals surface area contributed by atoms with E-state index in [1.54, 1.807) is 18.1 Å². The Balaban J connectivity index is 2.11.